The Balaban J connectivity index is 4.40. The highest BCUT2D eigenvalue weighted by Crippen LogP contribution is 2.06. The van der Waals surface area contributed by atoms with Gasteiger partial charge in [0, 0.05) is 27.3 Å². The quantitative estimate of drug-likeness (QED) is 0.537. The van der Waals surface area contributed by atoms with Crippen LogP contribution in [-0.2, 0) is 19.0 Å². The van der Waals surface area contributed by atoms with Crippen molar-refractivity contribution in [2.75, 3.05) is 47.1 Å². The van der Waals surface area contributed by atoms with Gasteiger partial charge in [-0.05, 0) is 13.3 Å². The van der Waals surface area contributed by atoms with E-state index in [2.05, 4.69) is 0 Å². The minimum Gasteiger partial charge on any atom is -0.465 e. The largest absolute Gasteiger partial charge is 0.465 e. The van der Waals surface area contributed by atoms with Crippen LogP contribution in [0, 0.1) is 0 Å². The van der Waals surface area contributed by atoms with Crippen LogP contribution >= 0.6 is 0 Å². The molecule has 0 aromatic heterocycles. The molecule has 5 nitrogen and oxygen atoms in total. The van der Waals surface area contributed by atoms with Crippen molar-refractivity contribution in [3.63, 3.8) is 0 Å². The number of hydrogen-bond donors (Lipinski definition) is 0. The molecule has 0 amide bonds. The van der Waals surface area contributed by atoms with Crippen LogP contribution in [0.1, 0.15) is 20.3 Å². The first-order chi connectivity index (χ1) is 8.21. The molecule has 0 radical (unpaired) electrons. The van der Waals surface area contributed by atoms with E-state index < -0.39 is 0 Å². The number of carbonyl (C=O) groups excluding carboxylic acids is 1. The zero-order valence-corrected chi connectivity index (χ0v) is 11.4. The average molecular weight is 247 g/mol. The Morgan fingerprint density at radius 2 is 1.65 bits per heavy atom. The zero-order valence-electron chi connectivity index (χ0n) is 11.4. The van der Waals surface area contributed by atoms with E-state index in [9.17, 15) is 4.79 Å². The third-order valence-electron chi connectivity index (χ3n) is 2.55. The Kier molecular flexibility index (Phi) is 10.1. The van der Waals surface area contributed by atoms with Crippen molar-refractivity contribution < 1.29 is 19.0 Å². The standard InChI is InChI=1S/C12H25NO4/c1-5-11(12(14)17-6-2)13(7-9-15-3)8-10-16-4/h11H,5-10H2,1-4H3. The number of carbonyl (C=O) groups is 1. The first-order valence-electron chi connectivity index (χ1n) is 6.09. The molecule has 0 saturated carbocycles. The van der Waals surface area contributed by atoms with E-state index in [1.807, 2.05) is 18.7 Å². The zero-order chi connectivity index (χ0) is 13.1. The van der Waals surface area contributed by atoms with Crippen molar-refractivity contribution in [3.8, 4) is 0 Å². The van der Waals surface area contributed by atoms with Crippen LogP contribution in [0.25, 0.3) is 0 Å². The van der Waals surface area contributed by atoms with Gasteiger partial charge in [-0.3, -0.25) is 9.69 Å². The maximum absolute atomic E-state index is 11.8. The molecule has 0 heterocycles. The van der Waals surface area contributed by atoms with Crippen molar-refractivity contribution in [2.45, 2.75) is 26.3 Å². The summed E-state index contributed by atoms with van der Waals surface area (Å²) in [6.07, 6.45) is 0.728. The third-order valence-corrected chi connectivity index (χ3v) is 2.55. The van der Waals surface area contributed by atoms with E-state index in [1.54, 1.807) is 14.2 Å². The lowest BCUT2D eigenvalue weighted by molar-refractivity contribution is -0.150. The molecular formula is C12H25NO4. The van der Waals surface area contributed by atoms with Gasteiger partial charge < -0.3 is 14.2 Å². The lowest BCUT2D eigenvalue weighted by atomic mass is 10.2. The molecule has 0 saturated heterocycles. The van der Waals surface area contributed by atoms with Crippen molar-refractivity contribution in [1.29, 1.82) is 0 Å². The van der Waals surface area contributed by atoms with Crippen LogP contribution in [0.2, 0.25) is 0 Å². The van der Waals surface area contributed by atoms with Gasteiger partial charge in [-0.15, -0.1) is 0 Å². The van der Waals surface area contributed by atoms with E-state index in [-0.39, 0.29) is 12.0 Å². The van der Waals surface area contributed by atoms with Crippen LogP contribution in [0.4, 0.5) is 0 Å². The molecule has 0 fully saturated rings. The lowest BCUT2D eigenvalue weighted by Crippen LogP contribution is -2.45. The SMILES string of the molecule is CCOC(=O)C(CC)N(CCOC)CCOC. The highest BCUT2D eigenvalue weighted by Gasteiger charge is 2.24. The van der Waals surface area contributed by atoms with E-state index in [1.165, 1.54) is 0 Å². The van der Waals surface area contributed by atoms with Gasteiger partial charge in [0.2, 0.25) is 0 Å². The summed E-state index contributed by atoms with van der Waals surface area (Å²) in [5.41, 5.74) is 0. The summed E-state index contributed by atoms with van der Waals surface area (Å²) in [7, 11) is 3.31. The van der Waals surface area contributed by atoms with E-state index >= 15 is 0 Å². The Bertz CT molecular complexity index is 191. The maximum Gasteiger partial charge on any atom is 0.323 e. The van der Waals surface area contributed by atoms with Gasteiger partial charge in [0.25, 0.3) is 0 Å². The van der Waals surface area contributed by atoms with Crippen molar-refractivity contribution in [1.82, 2.24) is 4.90 Å². The van der Waals surface area contributed by atoms with Gasteiger partial charge in [0.05, 0.1) is 19.8 Å². The van der Waals surface area contributed by atoms with Gasteiger partial charge in [-0.2, -0.15) is 0 Å². The third kappa shape index (κ3) is 6.61. The normalized spacial score (nSPS) is 12.8. The fourth-order valence-corrected chi connectivity index (χ4v) is 1.65. The number of ether oxygens (including phenoxy) is 3. The van der Waals surface area contributed by atoms with Crippen molar-refractivity contribution in [3.05, 3.63) is 0 Å². The summed E-state index contributed by atoms with van der Waals surface area (Å²) in [6.45, 7) is 6.82. The molecule has 102 valence electrons. The highest BCUT2D eigenvalue weighted by atomic mass is 16.5. The number of rotatable bonds is 10. The molecule has 0 aliphatic carbocycles. The molecule has 0 aliphatic rings. The monoisotopic (exact) mass is 247 g/mol. The molecule has 17 heavy (non-hydrogen) atoms. The second kappa shape index (κ2) is 10.5. The second-order valence-electron chi connectivity index (χ2n) is 3.70. The van der Waals surface area contributed by atoms with Crippen LogP contribution in [0.5, 0.6) is 0 Å². The Labute approximate surface area is 104 Å². The predicted molar refractivity (Wildman–Crippen MR) is 66.0 cm³/mol. The molecule has 0 bridgehead atoms. The molecule has 0 rings (SSSR count). The lowest BCUT2D eigenvalue weighted by Gasteiger charge is -2.28. The Hall–Kier alpha value is -0.650. The van der Waals surface area contributed by atoms with Crippen LogP contribution < -0.4 is 0 Å². The highest BCUT2D eigenvalue weighted by molar-refractivity contribution is 5.75. The molecule has 0 spiro atoms. The summed E-state index contributed by atoms with van der Waals surface area (Å²) >= 11 is 0. The van der Waals surface area contributed by atoms with Crippen LogP contribution in [0.15, 0.2) is 0 Å². The minimum atomic E-state index is -0.208. The minimum absolute atomic E-state index is 0.165. The molecule has 5 heteroatoms. The molecular weight excluding hydrogens is 222 g/mol. The number of nitrogens with zero attached hydrogens (tertiary/aromatic N) is 1. The first-order valence-corrected chi connectivity index (χ1v) is 6.09. The molecule has 0 aromatic carbocycles. The number of methoxy groups -OCH3 is 2. The number of esters is 1. The summed E-state index contributed by atoms with van der Waals surface area (Å²) in [4.78, 5) is 13.8. The summed E-state index contributed by atoms with van der Waals surface area (Å²) < 4.78 is 15.2. The predicted octanol–water partition coefficient (Wildman–Crippen LogP) is 0.923. The Morgan fingerprint density at radius 3 is 2.00 bits per heavy atom. The van der Waals surface area contributed by atoms with E-state index in [0.29, 0.717) is 32.9 Å². The van der Waals surface area contributed by atoms with Gasteiger partial charge in [-0.25, -0.2) is 0 Å². The molecule has 1 atom stereocenters. The summed E-state index contributed by atoms with van der Waals surface area (Å²) in [6, 6.07) is -0.208. The van der Waals surface area contributed by atoms with Gasteiger partial charge in [-0.1, -0.05) is 6.92 Å². The molecule has 0 aliphatic heterocycles. The maximum atomic E-state index is 11.8. The smallest absolute Gasteiger partial charge is 0.323 e. The summed E-state index contributed by atoms with van der Waals surface area (Å²) in [5.74, 6) is -0.165. The van der Waals surface area contributed by atoms with Crippen LogP contribution in [-0.4, -0.2) is 64.0 Å². The van der Waals surface area contributed by atoms with Crippen molar-refractivity contribution in [2.24, 2.45) is 0 Å². The van der Waals surface area contributed by atoms with Gasteiger partial charge >= 0.3 is 5.97 Å². The molecule has 0 aromatic rings. The summed E-state index contributed by atoms with van der Waals surface area (Å²) in [5, 5.41) is 0. The average Bonchev–Trinajstić information content (AvgIpc) is 2.33. The molecule has 1 unspecified atom stereocenters. The van der Waals surface area contributed by atoms with Gasteiger partial charge in [0.1, 0.15) is 6.04 Å². The fourth-order valence-electron chi connectivity index (χ4n) is 1.65. The van der Waals surface area contributed by atoms with E-state index in [4.69, 9.17) is 14.2 Å². The number of hydrogen-bond acceptors (Lipinski definition) is 5. The van der Waals surface area contributed by atoms with Gasteiger partial charge in [0.15, 0.2) is 0 Å². The topological polar surface area (TPSA) is 48.0 Å². The second-order valence-corrected chi connectivity index (χ2v) is 3.70. The molecule has 0 N–H and O–H groups in total. The van der Waals surface area contributed by atoms with Crippen LogP contribution in [0.3, 0.4) is 0 Å². The fraction of sp³-hybridized carbons (Fsp3) is 0.917. The van der Waals surface area contributed by atoms with E-state index in [0.717, 1.165) is 6.42 Å². The first kappa shape index (κ1) is 16.4. The van der Waals surface area contributed by atoms with Crippen molar-refractivity contribution >= 4 is 5.97 Å². The Morgan fingerprint density at radius 1 is 1.12 bits per heavy atom.